The number of carbonyl (C=O) groups is 1. The summed E-state index contributed by atoms with van der Waals surface area (Å²) < 4.78 is 6.32. The van der Waals surface area contributed by atoms with Crippen molar-refractivity contribution in [2.75, 3.05) is 0 Å². The van der Waals surface area contributed by atoms with Crippen LogP contribution >= 0.6 is 27.3 Å². The first-order valence-corrected chi connectivity index (χ1v) is 7.90. The number of hydrogen-bond donors (Lipinski definition) is 1. The number of nitrogens with one attached hydrogen (secondary N) is 1. The van der Waals surface area contributed by atoms with Gasteiger partial charge in [-0.25, -0.2) is 5.43 Å². The molecule has 0 unspecified atom stereocenters. The molecule has 0 spiro atoms. The van der Waals surface area contributed by atoms with Gasteiger partial charge in [-0.3, -0.25) is 14.9 Å². The molecule has 23 heavy (non-hydrogen) atoms. The number of hydrogen-bond acceptors (Lipinski definition) is 6. The Morgan fingerprint density at radius 2 is 2.17 bits per heavy atom. The highest BCUT2D eigenvalue weighted by molar-refractivity contribution is 9.11. The first kappa shape index (κ1) is 15.4. The monoisotopic (exact) mass is 393 g/mol. The Kier molecular flexibility index (Phi) is 4.22. The number of rotatable bonds is 4. The van der Waals surface area contributed by atoms with Crippen LogP contribution in [0.3, 0.4) is 0 Å². The van der Waals surface area contributed by atoms with E-state index in [0.717, 1.165) is 8.66 Å². The minimum atomic E-state index is -0.532. The van der Waals surface area contributed by atoms with Crippen LogP contribution in [-0.4, -0.2) is 17.0 Å². The Labute approximate surface area is 141 Å². The van der Waals surface area contributed by atoms with Crippen LogP contribution in [0.4, 0.5) is 5.69 Å². The lowest BCUT2D eigenvalue weighted by atomic mass is 10.2. The fourth-order valence-electron chi connectivity index (χ4n) is 1.86. The number of amides is 1. The van der Waals surface area contributed by atoms with Crippen molar-refractivity contribution in [2.24, 2.45) is 5.10 Å². The lowest BCUT2D eigenvalue weighted by Crippen LogP contribution is -2.16. The molecule has 1 N–H and O–H groups in total. The summed E-state index contributed by atoms with van der Waals surface area (Å²) in [5.74, 6) is -0.499. The summed E-state index contributed by atoms with van der Waals surface area (Å²) in [5, 5.41) is 15.1. The van der Waals surface area contributed by atoms with Crippen LogP contribution in [0.1, 0.15) is 15.4 Å². The van der Waals surface area contributed by atoms with Crippen LogP contribution < -0.4 is 5.43 Å². The van der Waals surface area contributed by atoms with Crippen molar-refractivity contribution in [1.29, 1.82) is 0 Å². The third-order valence-corrected chi connectivity index (χ3v) is 4.44. The number of fused-ring (bicyclic) bond motifs is 1. The SMILES string of the molecule is O=C(N/N=C/c1ccc(Br)s1)c1cc2cc([N+](=O)[O-])ccc2o1. The minimum Gasteiger partial charge on any atom is -0.451 e. The predicted molar refractivity (Wildman–Crippen MR) is 89.9 cm³/mol. The fourth-order valence-corrected chi connectivity index (χ4v) is 3.16. The lowest BCUT2D eigenvalue weighted by molar-refractivity contribution is -0.384. The maximum absolute atomic E-state index is 12.0. The molecule has 2 heterocycles. The van der Waals surface area contributed by atoms with Crippen molar-refractivity contribution in [3.8, 4) is 0 Å². The van der Waals surface area contributed by atoms with Gasteiger partial charge in [0.2, 0.25) is 0 Å². The van der Waals surface area contributed by atoms with Gasteiger partial charge < -0.3 is 4.42 Å². The van der Waals surface area contributed by atoms with E-state index in [1.54, 1.807) is 0 Å². The van der Waals surface area contributed by atoms with Crippen LogP contribution in [-0.2, 0) is 0 Å². The Bertz CT molecular complexity index is 931. The van der Waals surface area contributed by atoms with E-state index in [1.165, 1.54) is 41.8 Å². The van der Waals surface area contributed by atoms with Crippen molar-refractivity contribution in [1.82, 2.24) is 5.43 Å². The molecular formula is C14H8BrN3O4S. The van der Waals surface area contributed by atoms with Gasteiger partial charge in [0.25, 0.3) is 5.69 Å². The van der Waals surface area contributed by atoms with Crippen LogP contribution in [0.15, 0.2) is 49.7 Å². The van der Waals surface area contributed by atoms with E-state index in [0.29, 0.717) is 11.0 Å². The zero-order valence-electron chi connectivity index (χ0n) is 11.4. The second kappa shape index (κ2) is 6.31. The first-order valence-electron chi connectivity index (χ1n) is 6.29. The fraction of sp³-hybridized carbons (Fsp3) is 0. The molecule has 0 saturated carbocycles. The van der Waals surface area contributed by atoms with E-state index in [2.05, 4.69) is 26.5 Å². The Hall–Kier alpha value is -2.52. The van der Waals surface area contributed by atoms with Crippen LogP contribution in [0.25, 0.3) is 11.0 Å². The molecule has 1 amide bonds. The molecular weight excluding hydrogens is 386 g/mol. The number of thiophene rings is 1. The molecule has 9 heteroatoms. The van der Waals surface area contributed by atoms with E-state index >= 15 is 0 Å². The molecule has 3 rings (SSSR count). The average molecular weight is 394 g/mol. The summed E-state index contributed by atoms with van der Waals surface area (Å²) in [6.45, 7) is 0. The van der Waals surface area contributed by atoms with Crippen LogP contribution in [0, 0.1) is 10.1 Å². The van der Waals surface area contributed by atoms with E-state index in [-0.39, 0.29) is 11.4 Å². The minimum absolute atomic E-state index is 0.0324. The van der Waals surface area contributed by atoms with Gasteiger partial charge in [-0.15, -0.1) is 11.3 Å². The van der Waals surface area contributed by atoms with Gasteiger partial charge in [-0.05, 0) is 40.2 Å². The highest BCUT2D eigenvalue weighted by Crippen LogP contribution is 2.24. The normalized spacial score (nSPS) is 11.2. The second-order valence-electron chi connectivity index (χ2n) is 4.43. The molecule has 0 bridgehead atoms. The smallest absolute Gasteiger partial charge is 0.307 e. The van der Waals surface area contributed by atoms with E-state index < -0.39 is 10.8 Å². The second-order valence-corrected chi connectivity index (χ2v) is 6.93. The van der Waals surface area contributed by atoms with Crippen molar-refractivity contribution >= 4 is 56.0 Å². The summed E-state index contributed by atoms with van der Waals surface area (Å²) in [5.41, 5.74) is 2.68. The van der Waals surface area contributed by atoms with Gasteiger partial charge in [0.1, 0.15) is 5.58 Å². The Balaban J connectivity index is 1.75. The molecule has 0 atom stereocenters. The van der Waals surface area contributed by atoms with E-state index in [4.69, 9.17) is 4.42 Å². The average Bonchev–Trinajstić information content (AvgIpc) is 3.12. The van der Waals surface area contributed by atoms with Gasteiger partial charge in [-0.2, -0.15) is 5.10 Å². The molecule has 7 nitrogen and oxygen atoms in total. The molecule has 0 aliphatic heterocycles. The highest BCUT2D eigenvalue weighted by Gasteiger charge is 2.14. The molecule has 0 radical (unpaired) electrons. The summed E-state index contributed by atoms with van der Waals surface area (Å²) in [7, 11) is 0. The Morgan fingerprint density at radius 3 is 2.87 bits per heavy atom. The van der Waals surface area contributed by atoms with Crippen molar-refractivity contribution in [2.45, 2.75) is 0 Å². The number of carbonyl (C=O) groups excluding carboxylic acids is 1. The van der Waals surface area contributed by atoms with Gasteiger partial charge in [0, 0.05) is 22.4 Å². The highest BCUT2D eigenvalue weighted by atomic mass is 79.9. The molecule has 0 aliphatic rings. The summed E-state index contributed by atoms with van der Waals surface area (Å²) in [4.78, 5) is 23.1. The number of hydrazone groups is 1. The van der Waals surface area contributed by atoms with Gasteiger partial charge in [0.05, 0.1) is 14.9 Å². The summed E-state index contributed by atoms with van der Waals surface area (Å²) >= 11 is 4.80. The molecule has 0 saturated heterocycles. The number of furan rings is 1. The zero-order valence-corrected chi connectivity index (χ0v) is 13.8. The zero-order chi connectivity index (χ0) is 16.4. The van der Waals surface area contributed by atoms with E-state index in [1.807, 2.05) is 12.1 Å². The largest absolute Gasteiger partial charge is 0.451 e. The number of benzene rings is 1. The van der Waals surface area contributed by atoms with Crippen LogP contribution in [0.5, 0.6) is 0 Å². The molecule has 0 fully saturated rings. The number of non-ortho nitro benzene ring substituents is 1. The molecule has 3 aromatic rings. The molecule has 1 aromatic carbocycles. The van der Waals surface area contributed by atoms with Gasteiger partial charge in [0.15, 0.2) is 5.76 Å². The number of halogens is 1. The topological polar surface area (TPSA) is 97.7 Å². The Morgan fingerprint density at radius 1 is 1.35 bits per heavy atom. The van der Waals surface area contributed by atoms with Crippen molar-refractivity contribution < 1.29 is 14.1 Å². The maximum Gasteiger partial charge on any atom is 0.307 e. The summed E-state index contributed by atoms with van der Waals surface area (Å²) in [6, 6.07) is 9.29. The molecule has 2 aromatic heterocycles. The quantitative estimate of drug-likeness (QED) is 0.412. The van der Waals surface area contributed by atoms with Crippen LogP contribution in [0.2, 0.25) is 0 Å². The van der Waals surface area contributed by atoms with Crippen molar-refractivity contribution in [3.05, 3.63) is 60.9 Å². The van der Waals surface area contributed by atoms with Gasteiger partial charge >= 0.3 is 5.91 Å². The van der Waals surface area contributed by atoms with Gasteiger partial charge in [-0.1, -0.05) is 0 Å². The maximum atomic E-state index is 12.0. The first-order chi connectivity index (χ1) is 11.0. The third kappa shape index (κ3) is 3.46. The van der Waals surface area contributed by atoms with E-state index in [9.17, 15) is 14.9 Å². The molecule has 116 valence electrons. The number of nitrogens with zero attached hydrogens (tertiary/aromatic N) is 2. The number of nitro benzene ring substituents is 1. The standard InChI is InChI=1S/C14H8BrN3O4S/c15-13-4-2-10(23-13)7-16-17-14(19)12-6-8-5-9(18(20)21)1-3-11(8)22-12/h1-7H,(H,17,19)/b16-7+. The summed E-state index contributed by atoms with van der Waals surface area (Å²) in [6.07, 6.45) is 1.51. The lowest BCUT2D eigenvalue weighted by Gasteiger charge is -1.93. The third-order valence-electron chi connectivity index (χ3n) is 2.89. The molecule has 0 aliphatic carbocycles. The number of nitro groups is 1. The van der Waals surface area contributed by atoms with Crippen molar-refractivity contribution in [3.63, 3.8) is 0 Å². The predicted octanol–water partition coefficient (Wildman–Crippen LogP) is 3.93.